The average molecular weight is 260 g/mol. The van der Waals surface area contributed by atoms with Crippen LogP contribution in [0.3, 0.4) is 0 Å². The van der Waals surface area contributed by atoms with Crippen LogP contribution in [-0.4, -0.2) is 21.4 Å². The Balaban J connectivity index is 2.21. The molecule has 1 aromatic rings. The third-order valence-corrected chi connectivity index (χ3v) is 3.07. The van der Waals surface area contributed by atoms with Crippen LogP contribution in [0, 0.1) is 6.92 Å². The first-order valence-corrected chi connectivity index (χ1v) is 5.67. The lowest BCUT2D eigenvalue weighted by molar-refractivity contribution is 0.312. The van der Waals surface area contributed by atoms with Crippen LogP contribution >= 0.6 is 23.2 Å². The van der Waals surface area contributed by atoms with Crippen LogP contribution in [0.25, 0.3) is 0 Å². The number of aromatic nitrogens is 2. The molecule has 6 heteroatoms. The standard InChI is InChI=1S/C10H11Cl2N3O/c1-6-13-9-5-15(3-7(12)2-11)4-8(9)10(16)14-6/h2H,3-5H2,1H3,(H,13,14,16)/b7-2-. The molecule has 0 spiro atoms. The number of hydrogen-bond acceptors (Lipinski definition) is 3. The predicted octanol–water partition coefficient (Wildman–Crippen LogP) is 1.71. The van der Waals surface area contributed by atoms with Gasteiger partial charge in [-0.05, 0) is 6.92 Å². The number of aromatic amines is 1. The second-order valence-electron chi connectivity index (χ2n) is 3.78. The Bertz CT molecular complexity index is 495. The molecular weight excluding hydrogens is 249 g/mol. The van der Waals surface area contributed by atoms with Gasteiger partial charge in [-0.25, -0.2) is 4.98 Å². The van der Waals surface area contributed by atoms with E-state index in [2.05, 4.69) is 9.97 Å². The molecule has 0 unspecified atom stereocenters. The number of aryl methyl sites for hydroxylation is 1. The molecule has 0 bridgehead atoms. The molecule has 86 valence electrons. The number of nitrogens with zero attached hydrogens (tertiary/aromatic N) is 2. The minimum absolute atomic E-state index is 0.0593. The van der Waals surface area contributed by atoms with Gasteiger partial charge in [0.2, 0.25) is 0 Å². The minimum Gasteiger partial charge on any atom is -0.310 e. The Morgan fingerprint density at radius 1 is 1.62 bits per heavy atom. The third-order valence-electron chi connectivity index (χ3n) is 2.47. The zero-order valence-corrected chi connectivity index (χ0v) is 10.3. The van der Waals surface area contributed by atoms with E-state index in [4.69, 9.17) is 23.2 Å². The number of fused-ring (bicyclic) bond motifs is 1. The summed E-state index contributed by atoms with van der Waals surface area (Å²) in [6.45, 7) is 3.52. The van der Waals surface area contributed by atoms with Crippen LogP contribution in [0.15, 0.2) is 15.4 Å². The maximum atomic E-state index is 11.6. The highest BCUT2D eigenvalue weighted by molar-refractivity contribution is 6.36. The highest BCUT2D eigenvalue weighted by Gasteiger charge is 2.23. The summed E-state index contributed by atoms with van der Waals surface area (Å²) in [7, 11) is 0. The molecule has 16 heavy (non-hydrogen) atoms. The van der Waals surface area contributed by atoms with Crippen molar-refractivity contribution in [3.8, 4) is 0 Å². The van der Waals surface area contributed by atoms with Crippen molar-refractivity contribution in [3.05, 3.63) is 38.0 Å². The molecule has 1 N–H and O–H groups in total. The predicted molar refractivity (Wildman–Crippen MR) is 63.5 cm³/mol. The van der Waals surface area contributed by atoms with E-state index < -0.39 is 0 Å². The summed E-state index contributed by atoms with van der Waals surface area (Å²) in [4.78, 5) is 20.7. The fourth-order valence-corrected chi connectivity index (χ4v) is 2.05. The van der Waals surface area contributed by atoms with Gasteiger partial charge in [0.25, 0.3) is 5.56 Å². The van der Waals surface area contributed by atoms with E-state index in [0.717, 1.165) is 11.3 Å². The van der Waals surface area contributed by atoms with Gasteiger partial charge in [-0.2, -0.15) is 0 Å². The maximum absolute atomic E-state index is 11.6. The molecule has 0 atom stereocenters. The van der Waals surface area contributed by atoms with Crippen molar-refractivity contribution in [2.45, 2.75) is 20.0 Å². The second-order valence-corrected chi connectivity index (χ2v) is 4.48. The summed E-state index contributed by atoms with van der Waals surface area (Å²) < 4.78 is 0. The van der Waals surface area contributed by atoms with Crippen molar-refractivity contribution >= 4 is 23.2 Å². The van der Waals surface area contributed by atoms with E-state index in [-0.39, 0.29) is 5.56 Å². The molecule has 0 aromatic carbocycles. The molecule has 0 amide bonds. The normalized spacial score (nSPS) is 16.6. The van der Waals surface area contributed by atoms with Crippen LogP contribution in [0.1, 0.15) is 17.1 Å². The van der Waals surface area contributed by atoms with Gasteiger partial charge in [-0.3, -0.25) is 9.69 Å². The first kappa shape index (κ1) is 11.6. The summed E-state index contributed by atoms with van der Waals surface area (Å²) in [5, 5.41) is 0.558. The molecule has 0 saturated heterocycles. The lowest BCUT2D eigenvalue weighted by Crippen LogP contribution is -2.19. The lowest BCUT2D eigenvalue weighted by Gasteiger charge is -2.12. The van der Waals surface area contributed by atoms with Crippen molar-refractivity contribution in [1.29, 1.82) is 0 Å². The Morgan fingerprint density at radius 3 is 3.06 bits per heavy atom. The Hall–Kier alpha value is -0.840. The Labute approximate surface area is 103 Å². The van der Waals surface area contributed by atoms with Gasteiger partial charge in [0.15, 0.2) is 0 Å². The zero-order chi connectivity index (χ0) is 11.7. The van der Waals surface area contributed by atoms with E-state index in [0.29, 0.717) is 30.5 Å². The highest BCUT2D eigenvalue weighted by atomic mass is 35.5. The quantitative estimate of drug-likeness (QED) is 0.880. The topological polar surface area (TPSA) is 49.0 Å². The average Bonchev–Trinajstić information content (AvgIpc) is 2.60. The van der Waals surface area contributed by atoms with Crippen molar-refractivity contribution in [1.82, 2.24) is 14.9 Å². The molecule has 0 aliphatic carbocycles. The van der Waals surface area contributed by atoms with Gasteiger partial charge in [0.1, 0.15) is 5.82 Å². The number of halogens is 2. The van der Waals surface area contributed by atoms with Crippen molar-refractivity contribution < 1.29 is 0 Å². The van der Waals surface area contributed by atoms with Gasteiger partial charge < -0.3 is 4.98 Å². The van der Waals surface area contributed by atoms with Gasteiger partial charge in [-0.15, -0.1) is 0 Å². The van der Waals surface area contributed by atoms with Crippen LogP contribution in [0.4, 0.5) is 0 Å². The first-order chi connectivity index (χ1) is 7.60. The monoisotopic (exact) mass is 259 g/mol. The fourth-order valence-electron chi connectivity index (χ4n) is 1.81. The smallest absolute Gasteiger partial charge is 0.255 e. The largest absolute Gasteiger partial charge is 0.310 e. The van der Waals surface area contributed by atoms with Crippen molar-refractivity contribution in [2.24, 2.45) is 0 Å². The summed E-state index contributed by atoms with van der Waals surface area (Å²) in [6, 6.07) is 0. The molecule has 2 rings (SSSR count). The number of H-pyrrole nitrogens is 1. The van der Waals surface area contributed by atoms with Crippen LogP contribution in [0.5, 0.6) is 0 Å². The molecule has 1 aliphatic rings. The summed E-state index contributed by atoms with van der Waals surface area (Å²) >= 11 is 11.3. The van der Waals surface area contributed by atoms with E-state index in [1.807, 2.05) is 4.90 Å². The van der Waals surface area contributed by atoms with Crippen LogP contribution in [-0.2, 0) is 13.1 Å². The van der Waals surface area contributed by atoms with E-state index in [1.54, 1.807) is 6.92 Å². The summed E-state index contributed by atoms with van der Waals surface area (Å²) in [5.74, 6) is 0.643. The molecule has 1 aliphatic heterocycles. The highest BCUT2D eigenvalue weighted by Crippen LogP contribution is 2.19. The summed E-state index contributed by atoms with van der Waals surface area (Å²) in [6.07, 6.45) is 0. The fraction of sp³-hybridized carbons (Fsp3) is 0.400. The molecule has 0 radical (unpaired) electrons. The molecule has 1 aromatic heterocycles. The number of hydrogen-bond donors (Lipinski definition) is 1. The van der Waals surface area contributed by atoms with Gasteiger partial charge in [0, 0.05) is 30.2 Å². The summed E-state index contributed by atoms with van der Waals surface area (Å²) in [5.41, 5.74) is 2.84. The lowest BCUT2D eigenvalue weighted by atomic mass is 10.3. The SMILES string of the molecule is Cc1nc2c(c(=O)[nH]1)CN(C/C(Cl)=C/Cl)C2. The number of nitrogens with one attached hydrogen (secondary N) is 1. The van der Waals surface area contributed by atoms with Gasteiger partial charge in [0.05, 0.1) is 11.3 Å². The third kappa shape index (κ3) is 2.29. The van der Waals surface area contributed by atoms with Crippen LogP contribution in [0.2, 0.25) is 0 Å². The number of rotatable bonds is 2. The first-order valence-electron chi connectivity index (χ1n) is 4.86. The molecule has 4 nitrogen and oxygen atoms in total. The molecule has 2 heterocycles. The molecular formula is C10H11Cl2N3O. The van der Waals surface area contributed by atoms with E-state index >= 15 is 0 Å². The molecule has 0 saturated carbocycles. The van der Waals surface area contributed by atoms with Gasteiger partial charge in [-0.1, -0.05) is 23.2 Å². The second kappa shape index (κ2) is 4.57. The van der Waals surface area contributed by atoms with Crippen LogP contribution < -0.4 is 5.56 Å². The maximum Gasteiger partial charge on any atom is 0.255 e. The van der Waals surface area contributed by atoms with Gasteiger partial charge >= 0.3 is 0 Å². The van der Waals surface area contributed by atoms with Crippen molar-refractivity contribution in [3.63, 3.8) is 0 Å². The Morgan fingerprint density at radius 2 is 2.38 bits per heavy atom. The minimum atomic E-state index is -0.0593. The van der Waals surface area contributed by atoms with E-state index in [1.165, 1.54) is 5.54 Å². The Kier molecular flexibility index (Phi) is 3.33. The van der Waals surface area contributed by atoms with Crippen molar-refractivity contribution in [2.75, 3.05) is 6.54 Å². The van der Waals surface area contributed by atoms with E-state index in [9.17, 15) is 4.79 Å². The molecule has 0 fully saturated rings. The zero-order valence-electron chi connectivity index (χ0n) is 8.76.